The topological polar surface area (TPSA) is 101 Å². The lowest BCUT2D eigenvalue weighted by molar-refractivity contribution is -0.180. The summed E-state index contributed by atoms with van der Waals surface area (Å²) in [7, 11) is 0. The molecule has 0 aliphatic heterocycles. The van der Waals surface area contributed by atoms with Crippen molar-refractivity contribution in [1.82, 2.24) is 0 Å². The molecule has 0 bridgehead atoms. The SMILES string of the molecule is C=CC(=O)OC(CCCCCCC(C=O)CCC=CCCCCC)(CC(C)O)C(=O)O. The van der Waals surface area contributed by atoms with Crippen molar-refractivity contribution >= 4 is 18.2 Å². The zero-order valence-electron chi connectivity index (χ0n) is 19.4. The number of allylic oxidation sites excluding steroid dienone is 2. The van der Waals surface area contributed by atoms with E-state index in [-0.39, 0.29) is 18.8 Å². The van der Waals surface area contributed by atoms with Gasteiger partial charge in [0.2, 0.25) is 5.60 Å². The van der Waals surface area contributed by atoms with Crippen LogP contribution in [0.1, 0.15) is 97.3 Å². The molecule has 178 valence electrons. The standard InChI is InChI=1S/C25H42O6/c1-4-6-7-8-9-10-13-16-22(20-26)17-14-11-12-15-18-25(24(29)30,19-21(3)27)31-23(28)5-2/h5,9-10,20-22,27H,2,4,6-8,11-19H2,1,3H3,(H,29,30). The van der Waals surface area contributed by atoms with Crippen LogP contribution in [0.15, 0.2) is 24.8 Å². The molecule has 0 aromatic carbocycles. The van der Waals surface area contributed by atoms with Crippen LogP contribution in [0, 0.1) is 5.92 Å². The largest absolute Gasteiger partial charge is 0.478 e. The molecule has 6 heteroatoms. The zero-order chi connectivity index (χ0) is 23.5. The van der Waals surface area contributed by atoms with E-state index in [1.165, 1.54) is 26.2 Å². The summed E-state index contributed by atoms with van der Waals surface area (Å²) < 4.78 is 5.14. The molecule has 0 radical (unpaired) electrons. The summed E-state index contributed by atoms with van der Waals surface area (Å²) in [5.74, 6) is -2.01. The number of carbonyl (C=O) groups is 3. The molecule has 31 heavy (non-hydrogen) atoms. The molecule has 0 fully saturated rings. The number of hydrogen-bond donors (Lipinski definition) is 2. The van der Waals surface area contributed by atoms with Gasteiger partial charge in [-0.2, -0.15) is 0 Å². The molecule has 0 saturated carbocycles. The molecule has 3 atom stereocenters. The van der Waals surface area contributed by atoms with E-state index in [2.05, 4.69) is 25.7 Å². The van der Waals surface area contributed by atoms with E-state index in [9.17, 15) is 24.6 Å². The first-order chi connectivity index (χ1) is 14.8. The average molecular weight is 439 g/mol. The van der Waals surface area contributed by atoms with Crippen LogP contribution in [0.4, 0.5) is 0 Å². The minimum Gasteiger partial charge on any atom is -0.478 e. The van der Waals surface area contributed by atoms with Crippen LogP contribution in [0.25, 0.3) is 0 Å². The molecule has 0 aliphatic rings. The second kappa shape index (κ2) is 17.7. The van der Waals surface area contributed by atoms with E-state index in [1.54, 1.807) is 0 Å². The van der Waals surface area contributed by atoms with Gasteiger partial charge in [-0.25, -0.2) is 9.59 Å². The monoisotopic (exact) mass is 438 g/mol. The summed E-state index contributed by atoms with van der Waals surface area (Å²) in [6.07, 6.45) is 15.9. The molecule has 3 unspecified atom stereocenters. The summed E-state index contributed by atoms with van der Waals surface area (Å²) in [6, 6.07) is 0. The van der Waals surface area contributed by atoms with E-state index in [0.717, 1.165) is 57.3 Å². The average Bonchev–Trinajstić information content (AvgIpc) is 2.72. The molecule has 0 aromatic rings. The van der Waals surface area contributed by atoms with Crippen LogP contribution in [0.5, 0.6) is 0 Å². The van der Waals surface area contributed by atoms with E-state index >= 15 is 0 Å². The number of esters is 1. The van der Waals surface area contributed by atoms with Crippen LogP contribution in [-0.4, -0.2) is 40.1 Å². The van der Waals surface area contributed by atoms with E-state index < -0.39 is 23.6 Å². The number of ether oxygens (including phenoxy) is 1. The number of unbranched alkanes of at least 4 members (excludes halogenated alkanes) is 6. The van der Waals surface area contributed by atoms with Crippen LogP contribution < -0.4 is 0 Å². The number of carboxylic acid groups (broad SMARTS) is 1. The third-order valence-electron chi connectivity index (χ3n) is 5.42. The van der Waals surface area contributed by atoms with Crippen molar-refractivity contribution in [3.05, 3.63) is 24.8 Å². The summed E-state index contributed by atoms with van der Waals surface area (Å²) in [4.78, 5) is 34.7. The van der Waals surface area contributed by atoms with Crippen molar-refractivity contribution in [3.63, 3.8) is 0 Å². The molecule has 0 rings (SSSR count). The zero-order valence-corrected chi connectivity index (χ0v) is 19.4. The van der Waals surface area contributed by atoms with Gasteiger partial charge in [-0.15, -0.1) is 0 Å². The Hall–Kier alpha value is -1.95. The van der Waals surface area contributed by atoms with Gasteiger partial charge in [0.25, 0.3) is 0 Å². The number of rotatable bonds is 20. The van der Waals surface area contributed by atoms with Crippen LogP contribution in [0.3, 0.4) is 0 Å². The molecular formula is C25H42O6. The van der Waals surface area contributed by atoms with Gasteiger partial charge in [-0.05, 0) is 51.9 Å². The normalized spacial score (nSPS) is 15.2. The maximum Gasteiger partial charge on any atom is 0.348 e. The summed E-state index contributed by atoms with van der Waals surface area (Å²) >= 11 is 0. The van der Waals surface area contributed by atoms with E-state index in [4.69, 9.17) is 4.74 Å². The first-order valence-electron chi connectivity index (χ1n) is 11.7. The molecule has 2 N–H and O–H groups in total. The number of carboxylic acids is 1. The van der Waals surface area contributed by atoms with Crippen molar-refractivity contribution < 1.29 is 29.3 Å². The van der Waals surface area contributed by atoms with Crippen molar-refractivity contribution in [2.45, 2.75) is 109 Å². The Balaban J connectivity index is 4.31. The Bertz CT molecular complexity index is 554. The lowest BCUT2D eigenvalue weighted by atomic mass is 9.89. The summed E-state index contributed by atoms with van der Waals surface area (Å²) in [5, 5.41) is 19.3. The summed E-state index contributed by atoms with van der Waals surface area (Å²) in [6.45, 7) is 6.97. The van der Waals surface area contributed by atoms with E-state index in [1.807, 2.05) is 0 Å². The second-order valence-electron chi connectivity index (χ2n) is 8.37. The molecule has 0 aromatic heterocycles. The van der Waals surface area contributed by atoms with Crippen LogP contribution >= 0.6 is 0 Å². The highest BCUT2D eigenvalue weighted by Gasteiger charge is 2.42. The number of hydrogen-bond acceptors (Lipinski definition) is 5. The molecule has 0 aliphatic carbocycles. The van der Waals surface area contributed by atoms with Crippen molar-refractivity contribution in [3.8, 4) is 0 Å². The third kappa shape index (κ3) is 13.9. The van der Waals surface area contributed by atoms with Crippen molar-refractivity contribution in [2.24, 2.45) is 5.92 Å². The van der Waals surface area contributed by atoms with E-state index in [0.29, 0.717) is 6.42 Å². The predicted molar refractivity (Wildman–Crippen MR) is 123 cm³/mol. The Labute approximate surface area is 187 Å². The number of aliphatic carboxylic acids is 1. The Kier molecular flexibility index (Phi) is 16.6. The van der Waals surface area contributed by atoms with Gasteiger partial charge in [0.1, 0.15) is 6.29 Å². The predicted octanol–water partition coefficient (Wildman–Crippen LogP) is 5.38. The van der Waals surface area contributed by atoms with Crippen LogP contribution in [-0.2, 0) is 19.1 Å². The van der Waals surface area contributed by atoms with Gasteiger partial charge in [-0.3, -0.25) is 0 Å². The lowest BCUT2D eigenvalue weighted by Crippen LogP contribution is -2.45. The molecular weight excluding hydrogens is 396 g/mol. The third-order valence-corrected chi connectivity index (χ3v) is 5.42. The lowest BCUT2D eigenvalue weighted by Gasteiger charge is -2.30. The maximum atomic E-state index is 11.8. The minimum absolute atomic E-state index is 0.0576. The highest BCUT2D eigenvalue weighted by atomic mass is 16.6. The maximum absolute atomic E-state index is 11.8. The molecule has 0 amide bonds. The molecule has 6 nitrogen and oxygen atoms in total. The molecule has 0 heterocycles. The fraction of sp³-hybridized carbons (Fsp3) is 0.720. The molecule has 0 spiro atoms. The molecule has 0 saturated heterocycles. The first-order valence-corrected chi connectivity index (χ1v) is 11.7. The highest BCUT2D eigenvalue weighted by molar-refractivity contribution is 5.86. The van der Waals surface area contributed by atoms with Crippen LogP contribution in [0.2, 0.25) is 0 Å². The fourth-order valence-electron chi connectivity index (χ4n) is 3.65. The van der Waals surface area contributed by atoms with Crippen molar-refractivity contribution in [1.29, 1.82) is 0 Å². The van der Waals surface area contributed by atoms with Gasteiger partial charge < -0.3 is 19.7 Å². The highest BCUT2D eigenvalue weighted by Crippen LogP contribution is 2.27. The number of aliphatic hydroxyl groups excluding tert-OH is 1. The quantitative estimate of drug-likeness (QED) is 0.0870. The Morgan fingerprint density at radius 3 is 2.29 bits per heavy atom. The van der Waals surface area contributed by atoms with Gasteiger partial charge >= 0.3 is 11.9 Å². The number of aldehydes is 1. The Morgan fingerprint density at radius 1 is 1.03 bits per heavy atom. The minimum atomic E-state index is -1.74. The second-order valence-corrected chi connectivity index (χ2v) is 8.37. The van der Waals surface area contributed by atoms with Gasteiger partial charge in [0, 0.05) is 18.4 Å². The number of aliphatic hydroxyl groups is 1. The van der Waals surface area contributed by atoms with Gasteiger partial charge in [0.05, 0.1) is 6.10 Å². The smallest absolute Gasteiger partial charge is 0.348 e. The Morgan fingerprint density at radius 2 is 1.71 bits per heavy atom. The first kappa shape index (κ1) is 29.1. The summed E-state index contributed by atoms with van der Waals surface area (Å²) in [5.41, 5.74) is -1.74. The van der Waals surface area contributed by atoms with Gasteiger partial charge in [-0.1, -0.05) is 57.8 Å². The number of carbonyl (C=O) groups excluding carboxylic acids is 2. The van der Waals surface area contributed by atoms with Gasteiger partial charge in [0.15, 0.2) is 0 Å². The fourth-order valence-corrected chi connectivity index (χ4v) is 3.65. The van der Waals surface area contributed by atoms with Crippen molar-refractivity contribution in [2.75, 3.05) is 0 Å².